The van der Waals surface area contributed by atoms with E-state index in [9.17, 15) is 8.42 Å². The minimum Gasteiger partial charge on any atom is -0.369 e. The molecule has 0 aliphatic carbocycles. The Morgan fingerprint density at radius 2 is 1.86 bits per heavy atom. The average molecular weight is 319 g/mol. The standard InChI is InChI=1S/C16H21N3O2S/c1-3-11-22(20,21)18-16-10-9-15(12-17-16)19(2)13-14-7-5-4-6-8-14/h4-10,12H,3,11,13H2,1-2H3,(H,17,18). The third kappa shape index (κ3) is 4.73. The Bertz CT molecular complexity index is 685. The first-order chi connectivity index (χ1) is 10.5. The van der Waals surface area contributed by atoms with E-state index in [-0.39, 0.29) is 5.75 Å². The third-order valence-corrected chi connectivity index (χ3v) is 4.65. The van der Waals surface area contributed by atoms with Gasteiger partial charge in [-0.2, -0.15) is 0 Å². The van der Waals surface area contributed by atoms with Gasteiger partial charge in [-0.15, -0.1) is 0 Å². The Hall–Kier alpha value is -2.08. The summed E-state index contributed by atoms with van der Waals surface area (Å²) in [6.45, 7) is 2.59. The van der Waals surface area contributed by atoms with Gasteiger partial charge in [-0.05, 0) is 24.1 Å². The topological polar surface area (TPSA) is 62.3 Å². The van der Waals surface area contributed by atoms with Crippen molar-refractivity contribution >= 4 is 21.5 Å². The van der Waals surface area contributed by atoms with Crippen molar-refractivity contribution < 1.29 is 8.42 Å². The molecule has 6 heteroatoms. The lowest BCUT2D eigenvalue weighted by Crippen LogP contribution is -2.18. The van der Waals surface area contributed by atoms with Crippen LogP contribution in [0.4, 0.5) is 11.5 Å². The van der Waals surface area contributed by atoms with Crippen molar-refractivity contribution in [1.82, 2.24) is 4.98 Å². The quantitative estimate of drug-likeness (QED) is 0.852. The Morgan fingerprint density at radius 3 is 2.45 bits per heavy atom. The summed E-state index contributed by atoms with van der Waals surface area (Å²) in [7, 11) is -1.32. The van der Waals surface area contributed by atoms with Crippen LogP contribution in [0, 0.1) is 0 Å². The third-order valence-electron chi connectivity index (χ3n) is 3.18. The van der Waals surface area contributed by atoms with Crippen molar-refractivity contribution in [2.45, 2.75) is 19.9 Å². The number of nitrogens with zero attached hydrogens (tertiary/aromatic N) is 2. The molecular weight excluding hydrogens is 298 g/mol. The minimum absolute atomic E-state index is 0.102. The van der Waals surface area contributed by atoms with Crippen LogP contribution in [-0.2, 0) is 16.6 Å². The van der Waals surface area contributed by atoms with E-state index in [1.165, 1.54) is 5.56 Å². The van der Waals surface area contributed by atoms with Gasteiger partial charge in [-0.3, -0.25) is 4.72 Å². The summed E-state index contributed by atoms with van der Waals surface area (Å²) < 4.78 is 25.9. The van der Waals surface area contributed by atoms with E-state index in [0.29, 0.717) is 12.2 Å². The van der Waals surface area contributed by atoms with E-state index in [1.54, 1.807) is 12.3 Å². The second kappa shape index (κ2) is 7.26. The number of nitrogens with one attached hydrogen (secondary N) is 1. The molecular formula is C16H21N3O2S. The Kier molecular flexibility index (Phi) is 5.38. The van der Waals surface area contributed by atoms with E-state index >= 15 is 0 Å². The highest BCUT2D eigenvalue weighted by Crippen LogP contribution is 2.17. The molecule has 22 heavy (non-hydrogen) atoms. The molecule has 0 radical (unpaired) electrons. The van der Waals surface area contributed by atoms with Crippen LogP contribution in [0.2, 0.25) is 0 Å². The molecule has 1 aromatic carbocycles. The molecule has 0 bridgehead atoms. The van der Waals surface area contributed by atoms with Crippen molar-refractivity contribution in [1.29, 1.82) is 0 Å². The van der Waals surface area contributed by atoms with Gasteiger partial charge in [0.15, 0.2) is 0 Å². The van der Waals surface area contributed by atoms with Crippen LogP contribution in [0.25, 0.3) is 0 Å². The number of aromatic nitrogens is 1. The van der Waals surface area contributed by atoms with Crippen LogP contribution < -0.4 is 9.62 Å². The SMILES string of the molecule is CCCS(=O)(=O)Nc1ccc(N(C)Cc2ccccc2)cn1. The van der Waals surface area contributed by atoms with Gasteiger partial charge < -0.3 is 4.90 Å². The summed E-state index contributed by atoms with van der Waals surface area (Å²) in [4.78, 5) is 6.24. The Morgan fingerprint density at radius 1 is 1.14 bits per heavy atom. The van der Waals surface area contributed by atoms with Gasteiger partial charge in [0.2, 0.25) is 10.0 Å². The molecule has 0 amide bonds. The highest BCUT2D eigenvalue weighted by molar-refractivity contribution is 7.92. The van der Waals surface area contributed by atoms with Crippen LogP contribution in [0.5, 0.6) is 0 Å². The van der Waals surface area contributed by atoms with Gasteiger partial charge in [0, 0.05) is 13.6 Å². The number of hydrogen-bond donors (Lipinski definition) is 1. The summed E-state index contributed by atoms with van der Waals surface area (Å²) in [6.07, 6.45) is 2.25. The van der Waals surface area contributed by atoms with Gasteiger partial charge in [-0.25, -0.2) is 13.4 Å². The lowest BCUT2D eigenvalue weighted by atomic mass is 10.2. The molecule has 0 unspecified atom stereocenters. The van der Waals surface area contributed by atoms with Gasteiger partial charge in [0.05, 0.1) is 17.6 Å². The van der Waals surface area contributed by atoms with Crippen LogP contribution >= 0.6 is 0 Å². The zero-order valence-corrected chi connectivity index (χ0v) is 13.7. The molecule has 118 valence electrons. The molecule has 1 aromatic heterocycles. The van der Waals surface area contributed by atoms with Gasteiger partial charge >= 0.3 is 0 Å². The van der Waals surface area contributed by atoms with Crippen molar-refractivity contribution in [3.63, 3.8) is 0 Å². The lowest BCUT2D eigenvalue weighted by Gasteiger charge is -2.19. The fourth-order valence-corrected chi connectivity index (χ4v) is 3.18. The van der Waals surface area contributed by atoms with E-state index < -0.39 is 10.0 Å². The molecule has 1 heterocycles. The minimum atomic E-state index is -3.29. The van der Waals surface area contributed by atoms with E-state index in [0.717, 1.165) is 12.2 Å². The molecule has 5 nitrogen and oxygen atoms in total. The summed E-state index contributed by atoms with van der Waals surface area (Å²) in [5.74, 6) is 0.454. The number of pyridine rings is 1. The van der Waals surface area contributed by atoms with Crippen molar-refractivity contribution in [3.8, 4) is 0 Å². The van der Waals surface area contributed by atoms with Crippen molar-refractivity contribution in [2.24, 2.45) is 0 Å². The van der Waals surface area contributed by atoms with Crippen LogP contribution in [0.15, 0.2) is 48.7 Å². The summed E-state index contributed by atoms with van der Waals surface area (Å²) in [5.41, 5.74) is 2.14. The lowest BCUT2D eigenvalue weighted by molar-refractivity contribution is 0.599. The monoisotopic (exact) mass is 319 g/mol. The molecule has 0 saturated carbocycles. The molecule has 2 aromatic rings. The van der Waals surface area contributed by atoms with Crippen LogP contribution in [-0.4, -0.2) is 26.2 Å². The molecule has 0 fully saturated rings. The number of rotatable bonds is 7. The van der Waals surface area contributed by atoms with Crippen LogP contribution in [0.3, 0.4) is 0 Å². The Labute approximate surface area is 132 Å². The normalized spacial score (nSPS) is 11.2. The molecule has 0 aliphatic rings. The molecule has 0 saturated heterocycles. The fraction of sp³-hybridized carbons (Fsp3) is 0.312. The number of anilines is 2. The Balaban J connectivity index is 2.02. The highest BCUT2D eigenvalue weighted by atomic mass is 32.2. The van der Waals surface area contributed by atoms with E-state index in [4.69, 9.17) is 0 Å². The molecule has 0 atom stereocenters. The van der Waals surface area contributed by atoms with Crippen molar-refractivity contribution in [3.05, 3.63) is 54.2 Å². The predicted molar refractivity (Wildman–Crippen MR) is 90.5 cm³/mol. The van der Waals surface area contributed by atoms with E-state index in [2.05, 4.69) is 26.7 Å². The average Bonchev–Trinajstić information content (AvgIpc) is 2.48. The predicted octanol–water partition coefficient (Wildman–Crippen LogP) is 2.87. The molecule has 2 rings (SSSR count). The first kappa shape index (κ1) is 16.3. The summed E-state index contributed by atoms with van der Waals surface area (Å²) in [6, 6.07) is 13.7. The maximum absolute atomic E-state index is 11.7. The summed E-state index contributed by atoms with van der Waals surface area (Å²) in [5, 5.41) is 0. The maximum atomic E-state index is 11.7. The molecule has 1 N–H and O–H groups in total. The fourth-order valence-electron chi connectivity index (χ4n) is 2.10. The first-order valence-electron chi connectivity index (χ1n) is 7.22. The van der Waals surface area contributed by atoms with Crippen molar-refractivity contribution in [2.75, 3.05) is 22.4 Å². The van der Waals surface area contributed by atoms with E-state index in [1.807, 2.05) is 38.2 Å². The zero-order chi connectivity index (χ0) is 16.0. The molecule has 0 spiro atoms. The molecule has 0 aliphatic heterocycles. The first-order valence-corrected chi connectivity index (χ1v) is 8.87. The number of hydrogen-bond acceptors (Lipinski definition) is 4. The zero-order valence-electron chi connectivity index (χ0n) is 12.9. The smallest absolute Gasteiger partial charge is 0.233 e. The second-order valence-corrected chi connectivity index (χ2v) is 7.01. The van der Waals surface area contributed by atoms with Crippen LogP contribution in [0.1, 0.15) is 18.9 Å². The maximum Gasteiger partial charge on any atom is 0.233 e. The highest BCUT2D eigenvalue weighted by Gasteiger charge is 2.10. The summed E-state index contributed by atoms with van der Waals surface area (Å²) >= 11 is 0. The van der Waals surface area contributed by atoms with Gasteiger partial charge in [0.25, 0.3) is 0 Å². The van der Waals surface area contributed by atoms with Gasteiger partial charge in [0.1, 0.15) is 5.82 Å². The number of sulfonamides is 1. The number of benzene rings is 1. The largest absolute Gasteiger partial charge is 0.369 e. The van der Waals surface area contributed by atoms with Gasteiger partial charge in [-0.1, -0.05) is 37.3 Å². The second-order valence-electron chi connectivity index (χ2n) is 5.16.